The van der Waals surface area contributed by atoms with Crippen LogP contribution in [-0.4, -0.2) is 12.9 Å². The Labute approximate surface area is 110 Å². The van der Waals surface area contributed by atoms with Gasteiger partial charge in [-0.25, -0.2) is 0 Å². The Hall–Kier alpha value is -2.00. The molecule has 0 amide bonds. The number of carbonyl (C=O) groups excluding carboxylic acids is 1. The molecule has 18 heavy (non-hydrogen) atoms. The van der Waals surface area contributed by atoms with Crippen LogP contribution >= 0.6 is 11.6 Å². The lowest BCUT2D eigenvalue weighted by atomic mass is 10.0. The number of nitrogens with two attached hydrogens (primary N) is 1. The summed E-state index contributed by atoms with van der Waals surface area (Å²) in [6.45, 7) is 0. The molecule has 0 aliphatic carbocycles. The number of ketones is 1. The minimum absolute atomic E-state index is 0.201. The van der Waals surface area contributed by atoms with Gasteiger partial charge in [-0.15, -0.1) is 0 Å². The monoisotopic (exact) mass is 261 g/mol. The molecule has 4 heteroatoms. The van der Waals surface area contributed by atoms with E-state index in [0.29, 0.717) is 27.6 Å². The van der Waals surface area contributed by atoms with Crippen molar-refractivity contribution in [1.29, 1.82) is 0 Å². The number of hydrogen-bond donors (Lipinski definition) is 1. The first-order valence-electron chi connectivity index (χ1n) is 5.37. The molecule has 2 aromatic rings. The van der Waals surface area contributed by atoms with Gasteiger partial charge in [-0.1, -0.05) is 41.9 Å². The Morgan fingerprint density at radius 1 is 1.17 bits per heavy atom. The van der Waals surface area contributed by atoms with Gasteiger partial charge in [-0.2, -0.15) is 0 Å². The van der Waals surface area contributed by atoms with Crippen LogP contribution in [0.3, 0.4) is 0 Å². The predicted molar refractivity (Wildman–Crippen MR) is 72.3 cm³/mol. The van der Waals surface area contributed by atoms with Crippen molar-refractivity contribution in [2.75, 3.05) is 12.8 Å². The fraction of sp³-hybridized carbons (Fsp3) is 0.0714. The van der Waals surface area contributed by atoms with Crippen molar-refractivity contribution in [2.24, 2.45) is 0 Å². The summed E-state index contributed by atoms with van der Waals surface area (Å²) in [5.74, 6) is 0.109. The summed E-state index contributed by atoms with van der Waals surface area (Å²) >= 11 is 6.00. The molecule has 2 N–H and O–H groups in total. The van der Waals surface area contributed by atoms with Crippen molar-refractivity contribution in [3.05, 3.63) is 58.6 Å². The van der Waals surface area contributed by atoms with Gasteiger partial charge >= 0.3 is 0 Å². The van der Waals surface area contributed by atoms with Crippen LogP contribution in [0.15, 0.2) is 42.5 Å². The SMILES string of the molecule is COc1c(Cl)ccc(N)c1C(=O)c1ccccc1. The second-order valence-electron chi connectivity index (χ2n) is 3.74. The van der Waals surface area contributed by atoms with Crippen LogP contribution < -0.4 is 10.5 Å². The van der Waals surface area contributed by atoms with E-state index in [1.165, 1.54) is 7.11 Å². The molecule has 0 atom stereocenters. The molecule has 92 valence electrons. The van der Waals surface area contributed by atoms with E-state index in [-0.39, 0.29) is 5.78 Å². The Balaban J connectivity index is 2.58. The zero-order valence-electron chi connectivity index (χ0n) is 9.81. The maximum absolute atomic E-state index is 12.4. The maximum atomic E-state index is 12.4. The van der Waals surface area contributed by atoms with Crippen LogP contribution in [0, 0.1) is 0 Å². The summed E-state index contributed by atoms with van der Waals surface area (Å²) < 4.78 is 5.17. The van der Waals surface area contributed by atoms with Crippen molar-refractivity contribution in [3.63, 3.8) is 0 Å². The highest BCUT2D eigenvalue weighted by molar-refractivity contribution is 6.33. The van der Waals surface area contributed by atoms with E-state index < -0.39 is 0 Å². The van der Waals surface area contributed by atoms with Gasteiger partial charge in [0.1, 0.15) is 0 Å². The third kappa shape index (κ3) is 2.17. The van der Waals surface area contributed by atoms with Crippen LogP contribution in [0.5, 0.6) is 5.75 Å². The fourth-order valence-electron chi connectivity index (χ4n) is 1.74. The van der Waals surface area contributed by atoms with Crippen LogP contribution in [0.25, 0.3) is 0 Å². The third-order valence-electron chi connectivity index (χ3n) is 2.61. The number of anilines is 1. The van der Waals surface area contributed by atoms with Crippen molar-refractivity contribution in [3.8, 4) is 5.75 Å². The van der Waals surface area contributed by atoms with Gasteiger partial charge in [0.15, 0.2) is 11.5 Å². The first kappa shape index (κ1) is 12.5. The summed E-state index contributed by atoms with van der Waals surface area (Å²) in [6, 6.07) is 12.1. The van der Waals surface area contributed by atoms with Crippen LogP contribution in [0.4, 0.5) is 5.69 Å². The first-order chi connectivity index (χ1) is 8.65. The number of rotatable bonds is 3. The average molecular weight is 262 g/mol. The molecule has 0 aromatic heterocycles. The molecule has 0 spiro atoms. The van der Waals surface area contributed by atoms with Gasteiger partial charge in [-0.05, 0) is 12.1 Å². The second-order valence-corrected chi connectivity index (χ2v) is 4.15. The van der Waals surface area contributed by atoms with E-state index in [4.69, 9.17) is 22.1 Å². The van der Waals surface area contributed by atoms with E-state index >= 15 is 0 Å². The number of benzene rings is 2. The lowest BCUT2D eigenvalue weighted by molar-refractivity contribution is 0.103. The summed E-state index contributed by atoms with van der Waals surface area (Å²) in [6.07, 6.45) is 0. The van der Waals surface area contributed by atoms with Gasteiger partial charge in [-0.3, -0.25) is 4.79 Å². The Bertz CT molecular complexity index is 582. The van der Waals surface area contributed by atoms with Crippen molar-refractivity contribution in [2.45, 2.75) is 0 Å². The topological polar surface area (TPSA) is 52.3 Å². The summed E-state index contributed by atoms with van der Waals surface area (Å²) in [5, 5.41) is 0.367. The number of nitrogen functional groups attached to an aromatic ring is 1. The molecule has 0 fully saturated rings. The van der Waals surface area contributed by atoms with E-state index in [9.17, 15) is 4.79 Å². The minimum Gasteiger partial charge on any atom is -0.494 e. The number of hydrogen-bond acceptors (Lipinski definition) is 3. The normalized spacial score (nSPS) is 10.1. The van der Waals surface area contributed by atoms with Gasteiger partial charge in [0.25, 0.3) is 0 Å². The third-order valence-corrected chi connectivity index (χ3v) is 2.91. The van der Waals surface area contributed by atoms with E-state index in [2.05, 4.69) is 0 Å². The quantitative estimate of drug-likeness (QED) is 0.682. The molecular formula is C14H12ClNO2. The predicted octanol–water partition coefficient (Wildman–Crippen LogP) is 3.16. The van der Waals surface area contributed by atoms with Crippen LogP contribution in [-0.2, 0) is 0 Å². The lowest BCUT2D eigenvalue weighted by Gasteiger charge is -2.12. The van der Waals surface area contributed by atoms with E-state index in [1.54, 1.807) is 36.4 Å². The molecule has 0 bridgehead atoms. The van der Waals surface area contributed by atoms with Gasteiger partial charge in [0.05, 0.1) is 17.7 Å². The fourth-order valence-corrected chi connectivity index (χ4v) is 1.97. The van der Waals surface area contributed by atoms with Crippen molar-refractivity contribution < 1.29 is 9.53 Å². The summed E-state index contributed by atoms with van der Waals surface area (Å²) in [7, 11) is 1.46. The highest BCUT2D eigenvalue weighted by Crippen LogP contribution is 2.34. The number of halogens is 1. The van der Waals surface area contributed by atoms with Gasteiger partial charge in [0, 0.05) is 11.3 Å². The van der Waals surface area contributed by atoms with E-state index in [1.807, 2.05) is 6.07 Å². The largest absolute Gasteiger partial charge is 0.494 e. The van der Waals surface area contributed by atoms with Gasteiger partial charge < -0.3 is 10.5 Å². The van der Waals surface area contributed by atoms with Crippen LogP contribution in [0.1, 0.15) is 15.9 Å². The Morgan fingerprint density at radius 3 is 2.44 bits per heavy atom. The molecule has 0 aliphatic rings. The molecule has 0 saturated heterocycles. The summed E-state index contributed by atoms with van der Waals surface area (Å²) in [4.78, 5) is 12.4. The molecule has 0 saturated carbocycles. The van der Waals surface area contributed by atoms with Gasteiger partial charge in [0.2, 0.25) is 0 Å². The standard InChI is InChI=1S/C14H12ClNO2/c1-18-14-10(15)7-8-11(16)12(14)13(17)9-5-3-2-4-6-9/h2-8H,16H2,1H3. The molecule has 3 nitrogen and oxygen atoms in total. The molecule has 0 radical (unpaired) electrons. The van der Waals surface area contributed by atoms with Crippen molar-refractivity contribution >= 4 is 23.1 Å². The highest BCUT2D eigenvalue weighted by Gasteiger charge is 2.19. The molecule has 0 unspecified atom stereocenters. The first-order valence-corrected chi connectivity index (χ1v) is 5.74. The summed E-state index contributed by atoms with van der Waals surface area (Å²) in [5.41, 5.74) is 7.04. The van der Waals surface area contributed by atoms with E-state index in [0.717, 1.165) is 0 Å². The zero-order chi connectivity index (χ0) is 13.1. The maximum Gasteiger partial charge on any atom is 0.198 e. The number of carbonyl (C=O) groups is 1. The number of ether oxygens (including phenoxy) is 1. The number of methoxy groups -OCH3 is 1. The minimum atomic E-state index is -0.201. The molecule has 0 heterocycles. The average Bonchev–Trinajstić information content (AvgIpc) is 2.41. The van der Waals surface area contributed by atoms with Crippen molar-refractivity contribution in [1.82, 2.24) is 0 Å². The second kappa shape index (κ2) is 5.10. The molecule has 2 aromatic carbocycles. The zero-order valence-corrected chi connectivity index (χ0v) is 10.6. The smallest absolute Gasteiger partial charge is 0.198 e. The molecular weight excluding hydrogens is 250 g/mol. The Kier molecular flexibility index (Phi) is 3.53. The van der Waals surface area contributed by atoms with Crippen LogP contribution in [0.2, 0.25) is 5.02 Å². The molecule has 0 aliphatic heterocycles. The Morgan fingerprint density at radius 2 is 1.83 bits per heavy atom. The highest BCUT2D eigenvalue weighted by atomic mass is 35.5. The lowest BCUT2D eigenvalue weighted by Crippen LogP contribution is -2.08. The molecule has 2 rings (SSSR count).